The van der Waals surface area contributed by atoms with Gasteiger partial charge in [-0.25, -0.2) is 0 Å². The summed E-state index contributed by atoms with van der Waals surface area (Å²) in [7, 11) is 0. The van der Waals surface area contributed by atoms with Crippen LogP contribution in [-0.2, 0) is 13.1 Å². The molecule has 0 aromatic carbocycles. The zero-order valence-electron chi connectivity index (χ0n) is 6.78. The summed E-state index contributed by atoms with van der Waals surface area (Å²) >= 11 is 3.67. The van der Waals surface area contributed by atoms with E-state index in [-0.39, 0.29) is 0 Å². The first-order valence-corrected chi connectivity index (χ1v) is 5.25. The van der Waals surface area contributed by atoms with E-state index >= 15 is 0 Å². The average molecular weight is 227 g/mol. The predicted octanol–water partition coefficient (Wildman–Crippen LogP) is 2.26. The maximum Gasteiger partial charge on any atom is 0.0433 e. The van der Waals surface area contributed by atoms with Gasteiger partial charge in [0.05, 0.1) is 0 Å². The van der Waals surface area contributed by atoms with Crippen molar-refractivity contribution in [3.8, 4) is 0 Å². The summed E-state index contributed by atoms with van der Waals surface area (Å²) in [6.45, 7) is 2.04. The highest BCUT2D eigenvalue weighted by Gasteiger charge is 2.30. The molecule has 0 radical (unpaired) electrons. The van der Waals surface area contributed by atoms with Crippen molar-refractivity contribution in [1.82, 2.24) is 10.3 Å². The Morgan fingerprint density at radius 1 is 1.25 bits per heavy atom. The van der Waals surface area contributed by atoms with E-state index in [0.29, 0.717) is 0 Å². The van der Waals surface area contributed by atoms with Crippen molar-refractivity contribution < 1.29 is 0 Å². The van der Waals surface area contributed by atoms with Crippen LogP contribution in [-0.4, -0.2) is 4.98 Å². The van der Waals surface area contributed by atoms with Crippen LogP contribution < -0.4 is 5.32 Å². The van der Waals surface area contributed by atoms with E-state index < -0.39 is 0 Å². The molecule has 0 bridgehead atoms. The Bertz CT molecular complexity index is 326. The van der Waals surface area contributed by atoms with Crippen LogP contribution in [0.1, 0.15) is 35.7 Å². The molecule has 1 aromatic heterocycles. The number of nitrogens with one attached hydrogen (secondary N) is 2. The summed E-state index contributed by atoms with van der Waals surface area (Å²) in [6.07, 6.45) is 2.73. The Balaban J connectivity index is 2.10. The molecule has 0 amide bonds. The molecule has 1 fully saturated rings. The number of hydrogen-bond acceptors (Lipinski definition) is 1. The molecule has 0 saturated heterocycles. The molecule has 2 nitrogen and oxygen atoms in total. The zero-order valence-corrected chi connectivity index (χ0v) is 8.37. The number of aromatic amines is 1. The molecule has 3 rings (SSSR count). The molecule has 2 heterocycles. The molecule has 2 aliphatic rings. The van der Waals surface area contributed by atoms with E-state index in [4.69, 9.17) is 0 Å². The molecule has 1 aliphatic heterocycles. The maximum atomic E-state index is 3.67. The summed E-state index contributed by atoms with van der Waals surface area (Å²) in [5.41, 5.74) is 4.29. The number of rotatable bonds is 1. The van der Waals surface area contributed by atoms with Crippen LogP contribution in [0, 0.1) is 0 Å². The molecule has 64 valence electrons. The van der Waals surface area contributed by atoms with Crippen molar-refractivity contribution in [2.45, 2.75) is 31.8 Å². The molecule has 12 heavy (non-hydrogen) atoms. The van der Waals surface area contributed by atoms with Crippen molar-refractivity contribution in [1.29, 1.82) is 0 Å². The Morgan fingerprint density at radius 2 is 2.08 bits per heavy atom. The van der Waals surface area contributed by atoms with E-state index in [0.717, 1.165) is 19.0 Å². The fourth-order valence-corrected chi connectivity index (χ4v) is 2.69. The fraction of sp³-hybridized carbons (Fsp3) is 0.556. The van der Waals surface area contributed by atoms with Crippen molar-refractivity contribution >= 4 is 15.9 Å². The van der Waals surface area contributed by atoms with Crippen molar-refractivity contribution in [3.63, 3.8) is 0 Å². The molecular formula is C9H11BrN2. The second kappa shape index (κ2) is 2.36. The van der Waals surface area contributed by atoms with E-state index in [9.17, 15) is 0 Å². The standard InChI is InChI=1S/C9H11BrN2/c10-8-6-3-11-4-7(6)12-9(8)5-1-2-5/h5,11-12H,1-4H2. The third-order valence-electron chi connectivity index (χ3n) is 2.74. The van der Waals surface area contributed by atoms with Crippen LogP contribution in [0.25, 0.3) is 0 Å². The first-order valence-electron chi connectivity index (χ1n) is 4.46. The Hall–Kier alpha value is -0.280. The number of halogens is 1. The van der Waals surface area contributed by atoms with Gasteiger partial charge in [-0.1, -0.05) is 0 Å². The van der Waals surface area contributed by atoms with Crippen LogP contribution in [0.2, 0.25) is 0 Å². The van der Waals surface area contributed by atoms with E-state index in [1.54, 1.807) is 0 Å². The molecule has 3 heteroatoms. The van der Waals surface area contributed by atoms with Crippen molar-refractivity contribution in [2.75, 3.05) is 0 Å². The van der Waals surface area contributed by atoms with Gasteiger partial charge in [0.2, 0.25) is 0 Å². The minimum atomic E-state index is 0.824. The number of fused-ring (bicyclic) bond motifs is 1. The van der Waals surface area contributed by atoms with Gasteiger partial charge >= 0.3 is 0 Å². The van der Waals surface area contributed by atoms with Gasteiger partial charge in [0.15, 0.2) is 0 Å². The lowest BCUT2D eigenvalue weighted by molar-refractivity contribution is 0.747. The highest BCUT2D eigenvalue weighted by Crippen LogP contribution is 2.45. The van der Waals surface area contributed by atoms with Crippen LogP contribution in [0.3, 0.4) is 0 Å². The van der Waals surface area contributed by atoms with Gasteiger partial charge in [0.25, 0.3) is 0 Å². The number of hydrogen-bond donors (Lipinski definition) is 2. The Labute approximate surface area is 79.9 Å². The quantitative estimate of drug-likeness (QED) is 0.756. The fourth-order valence-electron chi connectivity index (χ4n) is 1.89. The smallest absolute Gasteiger partial charge is 0.0433 e. The normalized spacial score (nSPS) is 21.4. The first-order chi connectivity index (χ1) is 5.86. The molecule has 1 aromatic rings. The summed E-state index contributed by atoms with van der Waals surface area (Å²) < 4.78 is 1.34. The Morgan fingerprint density at radius 3 is 2.75 bits per heavy atom. The minimum absolute atomic E-state index is 0.824. The maximum absolute atomic E-state index is 3.67. The van der Waals surface area contributed by atoms with Gasteiger partial charge in [-0.15, -0.1) is 0 Å². The number of H-pyrrole nitrogens is 1. The molecular weight excluding hydrogens is 216 g/mol. The SMILES string of the molecule is Brc1c(C2CC2)[nH]c2c1CNC2. The molecule has 1 aliphatic carbocycles. The molecule has 0 unspecified atom stereocenters. The van der Waals surface area contributed by atoms with Gasteiger partial charge in [-0.05, 0) is 28.8 Å². The first kappa shape index (κ1) is 7.15. The van der Waals surface area contributed by atoms with Crippen LogP contribution in [0.4, 0.5) is 0 Å². The summed E-state index contributed by atoms with van der Waals surface area (Å²) in [5, 5.41) is 3.33. The topological polar surface area (TPSA) is 27.8 Å². The van der Waals surface area contributed by atoms with Gasteiger partial charge < -0.3 is 10.3 Å². The second-order valence-corrected chi connectivity index (χ2v) is 4.48. The van der Waals surface area contributed by atoms with Crippen molar-refractivity contribution in [3.05, 3.63) is 21.4 Å². The molecule has 1 saturated carbocycles. The second-order valence-electron chi connectivity index (χ2n) is 3.69. The number of aromatic nitrogens is 1. The van der Waals surface area contributed by atoms with Crippen LogP contribution in [0.5, 0.6) is 0 Å². The van der Waals surface area contributed by atoms with Crippen LogP contribution >= 0.6 is 15.9 Å². The van der Waals surface area contributed by atoms with Crippen LogP contribution in [0.15, 0.2) is 4.47 Å². The van der Waals surface area contributed by atoms with Gasteiger partial charge in [-0.2, -0.15) is 0 Å². The largest absolute Gasteiger partial charge is 0.360 e. The highest BCUT2D eigenvalue weighted by molar-refractivity contribution is 9.10. The van der Waals surface area contributed by atoms with Gasteiger partial charge in [0.1, 0.15) is 0 Å². The third kappa shape index (κ3) is 0.896. The highest BCUT2D eigenvalue weighted by atomic mass is 79.9. The lowest BCUT2D eigenvalue weighted by atomic mass is 10.2. The molecule has 0 spiro atoms. The lowest BCUT2D eigenvalue weighted by Crippen LogP contribution is -2.02. The Kier molecular flexibility index (Phi) is 1.41. The monoisotopic (exact) mass is 226 g/mol. The predicted molar refractivity (Wildman–Crippen MR) is 51.0 cm³/mol. The van der Waals surface area contributed by atoms with Gasteiger partial charge in [0, 0.05) is 40.4 Å². The zero-order chi connectivity index (χ0) is 8.13. The summed E-state index contributed by atoms with van der Waals surface area (Å²) in [6, 6.07) is 0. The van der Waals surface area contributed by atoms with Crippen molar-refractivity contribution in [2.24, 2.45) is 0 Å². The van der Waals surface area contributed by atoms with E-state index in [1.807, 2.05) is 0 Å². The minimum Gasteiger partial charge on any atom is -0.360 e. The van der Waals surface area contributed by atoms with Gasteiger partial charge in [-0.3, -0.25) is 0 Å². The molecule has 2 N–H and O–H groups in total. The summed E-state index contributed by atoms with van der Waals surface area (Å²) in [4.78, 5) is 3.51. The van der Waals surface area contributed by atoms with E-state index in [1.165, 1.54) is 34.3 Å². The third-order valence-corrected chi connectivity index (χ3v) is 3.65. The lowest BCUT2D eigenvalue weighted by Gasteiger charge is -1.96. The average Bonchev–Trinajstić information content (AvgIpc) is 2.71. The summed E-state index contributed by atoms with van der Waals surface area (Å²) in [5.74, 6) is 0.824. The van der Waals surface area contributed by atoms with E-state index in [2.05, 4.69) is 26.2 Å². The molecule has 0 atom stereocenters.